The van der Waals surface area contributed by atoms with Crippen LogP contribution in [0.2, 0.25) is 0 Å². The molecule has 1 nitrogen and oxygen atoms in total. The first-order chi connectivity index (χ1) is 5.29. The lowest BCUT2D eigenvalue weighted by atomic mass is 9.83. The summed E-state index contributed by atoms with van der Waals surface area (Å²) in [7, 11) is 0. The summed E-state index contributed by atoms with van der Waals surface area (Å²) < 4.78 is 0. The van der Waals surface area contributed by atoms with E-state index in [-0.39, 0.29) is 5.60 Å². The lowest BCUT2D eigenvalue weighted by Crippen LogP contribution is -2.29. The van der Waals surface area contributed by atoms with E-state index in [0.29, 0.717) is 0 Å². The summed E-state index contributed by atoms with van der Waals surface area (Å²) in [5.74, 6) is 0. The highest BCUT2D eigenvalue weighted by Crippen LogP contribution is 2.37. The average Bonchev–Trinajstić information content (AvgIpc) is 2.09. The number of hydrogen-bond donors (Lipinski definition) is 1. The Labute approximate surface area is 68.1 Å². The molecule has 0 aliphatic heterocycles. The van der Waals surface area contributed by atoms with E-state index in [0.717, 1.165) is 25.7 Å². The van der Waals surface area contributed by atoms with E-state index in [2.05, 4.69) is 6.08 Å². The first-order valence-corrected chi connectivity index (χ1v) is 4.69. The van der Waals surface area contributed by atoms with Crippen LogP contribution in [-0.4, -0.2) is 10.7 Å². The zero-order valence-corrected chi connectivity index (χ0v) is 6.97. The van der Waals surface area contributed by atoms with Crippen LogP contribution in [0.5, 0.6) is 0 Å². The molecule has 1 unspecified atom stereocenters. The first kappa shape index (κ1) is 7.35. The van der Waals surface area contributed by atoms with Crippen molar-refractivity contribution in [2.45, 2.75) is 50.5 Å². The van der Waals surface area contributed by atoms with Crippen LogP contribution >= 0.6 is 0 Å². The SMILES string of the molecule is OC12CCC=C(CCCC1)C2. The number of fused-ring (bicyclic) bond motifs is 2. The van der Waals surface area contributed by atoms with Gasteiger partial charge >= 0.3 is 0 Å². The average molecular weight is 152 g/mol. The quantitative estimate of drug-likeness (QED) is 0.528. The monoisotopic (exact) mass is 152 g/mol. The van der Waals surface area contributed by atoms with Gasteiger partial charge in [0.05, 0.1) is 5.60 Å². The van der Waals surface area contributed by atoms with Gasteiger partial charge in [0.25, 0.3) is 0 Å². The van der Waals surface area contributed by atoms with Gasteiger partial charge in [-0.1, -0.05) is 18.1 Å². The van der Waals surface area contributed by atoms with E-state index >= 15 is 0 Å². The van der Waals surface area contributed by atoms with Gasteiger partial charge in [-0.2, -0.15) is 0 Å². The second-order valence-electron chi connectivity index (χ2n) is 4.01. The molecule has 2 bridgehead atoms. The van der Waals surface area contributed by atoms with Crippen LogP contribution in [0.15, 0.2) is 11.6 Å². The van der Waals surface area contributed by atoms with Gasteiger partial charge in [-0.25, -0.2) is 0 Å². The maximum Gasteiger partial charge on any atom is 0.0687 e. The minimum absolute atomic E-state index is 0.305. The summed E-state index contributed by atoms with van der Waals surface area (Å²) in [4.78, 5) is 0. The molecule has 62 valence electrons. The maximum atomic E-state index is 10.0. The molecule has 2 rings (SSSR count). The van der Waals surface area contributed by atoms with Gasteiger partial charge in [0.15, 0.2) is 0 Å². The summed E-state index contributed by atoms with van der Waals surface area (Å²) in [5, 5.41) is 10.0. The van der Waals surface area contributed by atoms with E-state index in [1.807, 2.05) is 0 Å². The molecule has 0 heterocycles. The fourth-order valence-corrected chi connectivity index (χ4v) is 2.34. The van der Waals surface area contributed by atoms with Crippen LogP contribution in [0.3, 0.4) is 0 Å². The van der Waals surface area contributed by atoms with Crippen LogP contribution in [0.25, 0.3) is 0 Å². The minimum atomic E-state index is -0.305. The summed E-state index contributed by atoms with van der Waals surface area (Å²) >= 11 is 0. The molecule has 1 heteroatoms. The molecule has 0 amide bonds. The second kappa shape index (κ2) is 2.63. The predicted octanol–water partition coefficient (Wildman–Crippen LogP) is 2.40. The zero-order chi connectivity index (χ0) is 7.73. The molecule has 2 aliphatic rings. The number of hydrogen-bond acceptors (Lipinski definition) is 1. The van der Waals surface area contributed by atoms with Crippen molar-refractivity contribution in [3.05, 3.63) is 11.6 Å². The Morgan fingerprint density at radius 2 is 2.18 bits per heavy atom. The largest absolute Gasteiger partial charge is 0.390 e. The van der Waals surface area contributed by atoms with E-state index < -0.39 is 0 Å². The van der Waals surface area contributed by atoms with E-state index in [1.165, 1.54) is 24.8 Å². The topological polar surface area (TPSA) is 20.2 Å². The molecular formula is C10H16O. The van der Waals surface area contributed by atoms with E-state index in [9.17, 15) is 5.11 Å². The first-order valence-electron chi connectivity index (χ1n) is 4.69. The van der Waals surface area contributed by atoms with Crippen molar-refractivity contribution in [1.82, 2.24) is 0 Å². The third-order valence-electron chi connectivity index (χ3n) is 2.99. The molecule has 0 saturated heterocycles. The molecule has 0 radical (unpaired) electrons. The Morgan fingerprint density at radius 3 is 3.09 bits per heavy atom. The third kappa shape index (κ3) is 1.48. The van der Waals surface area contributed by atoms with Crippen molar-refractivity contribution in [1.29, 1.82) is 0 Å². The highest BCUT2D eigenvalue weighted by atomic mass is 16.3. The van der Waals surface area contributed by atoms with Crippen LogP contribution < -0.4 is 0 Å². The van der Waals surface area contributed by atoms with Crippen molar-refractivity contribution >= 4 is 0 Å². The molecule has 1 saturated carbocycles. The van der Waals surface area contributed by atoms with E-state index in [4.69, 9.17) is 0 Å². The molecule has 0 aromatic heterocycles. The number of aliphatic hydroxyl groups is 1. The molecule has 1 N–H and O–H groups in total. The second-order valence-corrected chi connectivity index (χ2v) is 4.01. The minimum Gasteiger partial charge on any atom is -0.390 e. The normalized spacial score (nSPS) is 37.7. The number of allylic oxidation sites excluding steroid dienone is 1. The molecule has 11 heavy (non-hydrogen) atoms. The smallest absolute Gasteiger partial charge is 0.0687 e. The standard InChI is InChI=1S/C10H16O/c11-10-6-2-1-4-9(8-10)5-3-7-10/h5,11H,1-4,6-8H2. The fourth-order valence-electron chi connectivity index (χ4n) is 2.34. The van der Waals surface area contributed by atoms with Gasteiger partial charge in [-0.15, -0.1) is 0 Å². The third-order valence-corrected chi connectivity index (χ3v) is 2.99. The highest BCUT2D eigenvalue weighted by molar-refractivity contribution is 5.12. The maximum absolute atomic E-state index is 10.0. The van der Waals surface area contributed by atoms with Crippen LogP contribution in [0, 0.1) is 0 Å². The van der Waals surface area contributed by atoms with Gasteiger partial charge in [-0.05, 0) is 38.5 Å². The molecule has 1 atom stereocenters. The molecule has 0 aromatic rings. The summed E-state index contributed by atoms with van der Waals surface area (Å²) in [6.45, 7) is 0. The van der Waals surface area contributed by atoms with E-state index in [1.54, 1.807) is 0 Å². The lowest BCUT2D eigenvalue weighted by Gasteiger charge is -2.29. The zero-order valence-electron chi connectivity index (χ0n) is 6.97. The molecule has 0 aromatic carbocycles. The Morgan fingerprint density at radius 1 is 1.27 bits per heavy atom. The summed E-state index contributed by atoms with van der Waals surface area (Å²) in [6.07, 6.45) is 10.2. The van der Waals surface area contributed by atoms with Crippen LogP contribution in [0.1, 0.15) is 44.9 Å². The van der Waals surface area contributed by atoms with Gasteiger partial charge in [-0.3, -0.25) is 0 Å². The van der Waals surface area contributed by atoms with Crippen molar-refractivity contribution in [3.63, 3.8) is 0 Å². The Balaban J connectivity index is 2.19. The van der Waals surface area contributed by atoms with Crippen LogP contribution in [-0.2, 0) is 0 Å². The van der Waals surface area contributed by atoms with Crippen molar-refractivity contribution in [2.24, 2.45) is 0 Å². The molecule has 2 aliphatic carbocycles. The molecular weight excluding hydrogens is 136 g/mol. The van der Waals surface area contributed by atoms with Crippen molar-refractivity contribution in [2.75, 3.05) is 0 Å². The van der Waals surface area contributed by atoms with Gasteiger partial charge in [0.1, 0.15) is 0 Å². The van der Waals surface area contributed by atoms with Gasteiger partial charge in [0, 0.05) is 0 Å². The fraction of sp³-hybridized carbons (Fsp3) is 0.800. The highest BCUT2D eigenvalue weighted by Gasteiger charge is 2.31. The van der Waals surface area contributed by atoms with Crippen LogP contribution in [0.4, 0.5) is 0 Å². The summed E-state index contributed by atoms with van der Waals surface area (Å²) in [5.41, 5.74) is 1.21. The Bertz CT molecular complexity index is 183. The summed E-state index contributed by atoms with van der Waals surface area (Å²) in [6, 6.07) is 0. The Kier molecular flexibility index (Phi) is 1.76. The van der Waals surface area contributed by atoms with Gasteiger partial charge < -0.3 is 5.11 Å². The molecule has 0 spiro atoms. The predicted molar refractivity (Wildman–Crippen MR) is 45.4 cm³/mol. The van der Waals surface area contributed by atoms with Crippen molar-refractivity contribution < 1.29 is 5.11 Å². The molecule has 1 fully saturated rings. The Hall–Kier alpha value is -0.300. The van der Waals surface area contributed by atoms with Gasteiger partial charge in [0.2, 0.25) is 0 Å². The lowest BCUT2D eigenvalue weighted by molar-refractivity contribution is 0.0216. The van der Waals surface area contributed by atoms with Crippen molar-refractivity contribution in [3.8, 4) is 0 Å². The number of rotatable bonds is 0.